The second-order valence-electron chi connectivity index (χ2n) is 4.97. The van der Waals surface area contributed by atoms with Gasteiger partial charge in [-0.3, -0.25) is 0 Å². The second-order valence-corrected chi connectivity index (χ2v) is 4.97. The maximum Gasteiger partial charge on any atom is 0.339 e. The van der Waals surface area contributed by atoms with Crippen LogP contribution in [0.25, 0.3) is 5.65 Å². The Balaban J connectivity index is 1.85. The summed E-state index contributed by atoms with van der Waals surface area (Å²) in [7, 11) is 1.39. The molecule has 0 aliphatic carbocycles. The number of methoxy groups -OCH3 is 1. The van der Waals surface area contributed by atoms with Crippen LogP contribution < -0.4 is 5.32 Å². The molecule has 1 unspecified atom stereocenters. The number of nitrogens with zero attached hydrogens (tertiary/aromatic N) is 2. The summed E-state index contributed by atoms with van der Waals surface area (Å²) in [6.45, 7) is 2.17. The fourth-order valence-corrected chi connectivity index (χ4v) is 2.57. The molecular weight excluding hydrogens is 242 g/mol. The molecule has 1 saturated heterocycles. The second kappa shape index (κ2) is 5.01. The van der Waals surface area contributed by atoms with E-state index in [9.17, 15) is 4.79 Å². The van der Waals surface area contributed by atoms with Gasteiger partial charge in [0.05, 0.1) is 18.4 Å². The topological polar surface area (TPSA) is 55.6 Å². The van der Waals surface area contributed by atoms with Gasteiger partial charge in [-0.2, -0.15) is 0 Å². The third kappa shape index (κ3) is 2.46. The summed E-state index contributed by atoms with van der Waals surface area (Å²) in [6.07, 6.45) is 5.97. The van der Waals surface area contributed by atoms with Crippen LogP contribution in [0.1, 0.15) is 22.5 Å². The van der Waals surface area contributed by atoms with Crippen LogP contribution >= 0.6 is 0 Å². The molecule has 1 atom stereocenters. The van der Waals surface area contributed by atoms with E-state index in [0.717, 1.165) is 30.9 Å². The van der Waals surface area contributed by atoms with Gasteiger partial charge in [0.15, 0.2) is 0 Å². The molecule has 0 amide bonds. The minimum atomic E-state index is -0.322. The number of imidazole rings is 1. The Labute approximate surface area is 111 Å². The highest BCUT2D eigenvalue weighted by molar-refractivity contribution is 5.89. The zero-order valence-corrected chi connectivity index (χ0v) is 10.9. The van der Waals surface area contributed by atoms with Crippen molar-refractivity contribution >= 4 is 11.6 Å². The molecule has 0 aromatic carbocycles. The minimum absolute atomic E-state index is 0.322. The normalized spacial score (nSPS) is 18.9. The molecule has 5 heteroatoms. The number of carbonyl (C=O) groups is 1. The maximum absolute atomic E-state index is 11.5. The molecule has 1 aliphatic rings. The summed E-state index contributed by atoms with van der Waals surface area (Å²) in [5.74, 6) is 0.349. The van der Waals surface area contributed by atoms with Gasteiger partial charge in [0, 0.05) is 12.4 Å². The van der Waals surface area contributed by atoms with Crippen LogP contribution in [0.2, 0.25) is 0 Å². The molecule has 0 bridgehead atoms. The van der Waals surface area contributed by atoms with Gasteiger partial charge >= 0.3 is 5.97 Å². The lowest BCUT2D eigenvalue weighted by Gasteiger charge is -2.03. The van der Waals surface area contributed by atoms with E-state index in [1.54, 1.807) is 12.3 Å². The summed E-state index contributed by atoms with van der Waals surface area (Å²) in [4.78, 5) is 16.1. The van der Waals surface area contributed by atoms with Gasteiger partial charge < -0.3 is 14.5 Å². The molecule has 1 fully saturated rings. The fourth-order valence-electron chi connectivity index (χ4n) is 2.57. The molecule has 5 nitrogen and oxygen atoms in total. The zero-order valence-electron chi connectivity index (χ0n) is 10.9. The average Bonchev–Trinajstić information content (AvgIpc) is 3.05. The predicted octanol–water partition coefficient (Wildman–Crippen LogP) is 1.27. The Hall–Kier alpha value is -1.88. The van der Waals surface area contributed by atoms with Crippen LogP contribution in [-0.4, -0.2) is 35.6 Å². The standard InChI is InChI=1S/C14H17N3O2/c1-19-14(18)11-2-3-13-16-12(9-17(13)8-11)6-10-4-5-15-7-10/h2-3,8-10,15H,4-7H2,1H3. The van der Waals surface area contributed by atoms with Gasteiger partial charge in [-0.25, -0.2) is 9.78 Å². The Morgan fingerprint density at radius 2 is 2.42 bits per heavy atom. The summed E-state index contributed by atoms with van der Waals surface area (Å²) in [5, 5.41) is 3.36. The first-order valence-electron chi connectivity index (χ1n) is 6.53. The lowest BCUT2D eigenvalue weighted by molar-refractivity contribution is 0.0600. The molecule has 0 spiro atoms. The van der Waals surface area contributed by atoms with Crippen LogP contribution in [0.5, 0.6) is 0 Å². The Morgan fingerprint density at radius 1 is 1.53 bits per heavy atom. The first-order chi connectivity index (χ1) is 9.26. The number of carbonyl (C=O) groups excluding carboxylic acids is 1. The van der Waals surface area contributed by atoms with E-state index in [-0.39, 0.29) is 5.97 Å². The maximum atomic E-state index is 11.5. The lowest BCUT2D eigenvalue weighted by atomic mass is 10.0. The van der Waals surface area contributed by atoms with Crippen molar-refractivity contribution in [2.45, 2.75) is 12.8 Å². The van der Waals surface area contributed by atoms with E-state index < -0.39 is 0 Å². The number of aromatic nitrogens is 2. The minimum Gasteiger partial charge on any atom is -0.465 e. The largest absolute Gasteiger partial charge is 0.465 e. The van der Waals surface area contributed by atoms with Crippen LogP contribution in [0.15, 0.2) is 24.5 Å². The van der Waals surface area contributed by atoms with Crippen molar-refractivity contribution in [1.82, 2.24) is 14.7 Å². The number of fused-ring (bicyclic) bond motifs is 1. The Morgan fingerprint density at radius 3 is 3.16 bits per heavy atom. The van der Waals surface area contributed by atoms with Crippen molar-refractivity contribution in [2.24, 2.45) is 5.92 Å². The van der Waals surface area contributed by atoms with Gasteiger partial charge in [-0.05, 0) is 44.0 Å². The van der Waals surface area contributed by atoms with Crippen LogP contribution in [-0.2, 0) is 11.2 Å². The van der Waals surface area contributed by atoms with Gasteiger partial charge in [-0.1, -0.05) is 0 Å². The molecule has 0 saturated carbocycles. The number of hydrogen-bond donors (Lipinski definition) is 1. The molecule has 3 heterocycles. The molecule has 1 aliphatic heterocycles. The number of esters is 1. The van der Waals surface area contributed by atoms with Gasteiger partial charge in [-0.15, -0.1) is 0 Å². The van der Waals surface area contributed by atoms with Crippen molar-refractivity contribution < 1.29 is 9.53 Å². The quantitative estimate of drug-likeness (QED) is 0.843. The lowest BCUT2D eigenvalue weighted by Crippen LogP contribution is -2.10. The van der Waals surface area contributed by atoms with Gasteiger partial charge in [0.25, 0.3) is 0 Å². The fraction of sp³-hybridized carbons (Fsp3) is 0.429. The predicted molar refractivity (Wildman–Crippen MR) is 71.2 cm³/mol. The smallest absolute Gasteiger partial charge is 0.339 e. The molecule has 2 aromatic heterocycles. The van der Waals surface area contributed by atoms with E-state index in [4.69, 9.17) is 4.74 Å². The van der Waals surface area contributed by atoms with Crippen LogP contribution in [0.4, 0.5) is 0 Å². The monoisotopic (exact) mass is 259 g/mol. The third-order valence-electron chi connectivity index (χ3n) is 3.58. The van der Waals surface area contributed by atoms with E-state index in [1.165, 1.54) is 13.5 Å². The van der Waals surface area contributed by atoms with E-state index in [0.29, 0.717) is 11.5 Å². The molecule has 1 N–H and O–H groups in total. The third-order valence-corrected chi connectivity index (χ3v) is 3.58. The summed E-state index contributed by atoms with van der Waals surface area (Å²) < 4.78 is 6.61. The zero-order chi connectivity index (χ0) is 13.2. The summed E-state index contributed by atoms with van der Waals surface area (Å²) in [5.41, 5.74) is 2.49. The first-order valence-corrected chi connectivity index (χ1v) is 6.53. The molecular formula is C14H17N3O2. The highest BCUT2D eigenvalue weighted by Gasteiger charge is 2.16. The van der Waals surface area contributed by atoms with Crippen molar-refractivity contribution in [2.75, 3.05) is 20.2 Å². The van der Waals surface area contributed by atoms with Crippen molar-refractivity contribution in [1.29, 1.82) is 0 Å². The van der Waals surface area contributed by atoms with Gasteiger partial charge in [0.1, 0.15) is 5.65 Å². The molecule has 0 radical (unpaired) electrons. The number of rotatable bonds is 3. The molecule has 19 heavy (non-hydrogen) atoms. The summed E-state index contributed by atoms with van der Waals surface area (Å²) in [6, 6.07) is 3.59. The average molecular weight is 259 g/mol. The van der Waals surface area contributed by atoms with Gasteiger partial charge in [0.2, 0.25) is 0 Å². The highest BCUT2D eigenvalue weighted by Crippen LogP contribution is 2.16. The number of nitrogens with one attached hydrogen (secondary N) is 1. The van der Waals surface area contributed by atoms with E-state index in [1.807, 2.05) is 16.7 Å². The molecule has 100 valence electrons. The Bertz CT molecular complexity index is 600. The van der Waals surface area contributed by atoms with E-state index >= 15 is 0 Å². The number of pyridine rings is 1. The number of hydrogen-bond acceptors (Lipinski definition) is 4. The highest BCUT2D eigenvalue weighted by atomic mass is 16.5. The van der Waals surface area contributed by atoms with Crippen molar-refractivity contribution in [3.8, 4) is 0 Å². The number of ether oxygens (including phenoxy) is 1. The van der Waals surface area contributed by atoms with E-state index in [2.05, 4.69) is 10.3 Å². The van der Waals surface area contributed by atoms with Crippen LogP contribution in [0.3, 0.4) is 0 Å². The molecule has 3 rings (SSSR count). The molecule has 2 aromatic rings. The van der Waals surface area contributed by atoms with Crippen molar-refractivity contribution in [3.05, 3.63) is 35.8 Å². The van der Waals surface area contributed by atoms with Crippen molar-refractivity contribution in [3.63, 3.8) is 0 Å². The summed E-state index contributed by atoms with van der Waals surface area (Å²) >= 11 is 0. The SMILES string of the molecule is COC(=O)c1ccc2nc(CC3CCNC3)cn2c1. The Kier molecular flexibility index (Phi) is 3.21. The van der Waals surface area contributed by atoms with Crippen LogP contribution in [0, 0.1) is 5.92 Å². The first kappa shape index (κ1) is 12.2.